The molecular weight excluding hydrogens is 299 g/mol. The molecule has 5 nitrogen and oxygen atoms in total. The van der Waals surface area contributed by atoms with Crippen molar-refractivity contribution in [1.82, 2.24) is 10.2 Å². The number of halogens is 1. The van der Waals surface area contributed by atoms with E-state index in [1.807, 2.05) is 0 Å². The molecule has 2 heterocycles. The first kappa shape index (κ1) is 14.8. The molecule has 3 amide bonds. The molecule has 0 unspecified atom stereocenters. The number of urea groups is 1. The van der Waals surface area contributed by atoms with Crippen LogP contribution in [0, 0.1) is 5.82 Å². The zero-order valence-corrected chi connectivity index (χ0v) is 12.1. The normalized spacial score (nSPS) is 16.0. The van der Waals surface area contributed by atoms with Crippen molar-refractivity contribution in [1.29, 1.82) is 0 Å². The zero-order chi connectivity index (χ0) is 16.4. The van der Waals surface area contributed by atoms with Crippen LogP contribution in [-0.2, 0) is 4.79 Å². The van der Waals surface area contributed by atoms with Crippen molar-refractivity contribution < 1.29 is 18.4 Å². The minimum absolute atomic E-state index is 0.122. The van der Waals surface area contributed by atoms with E-state index in [0.717, 1.165) is 4.90 Å². The lowest BCUT2D eigenvalue weighted by Crippen LogP contribution is -2.30. The first-order valence-electron chi connectivity index (χ1n) is 6.89. The first-order chi connectivity index (χ1) is 11.1. The molecule has 1 saturated heterocycles. The molecule has 6 heteroatoms. The molecule has 0 radical (unpaired) electrons. The maximum atomic E-state index is 13.2. The van der Waals surface area contributed by atoms with Gasteiger partial charge in [0.1, 0.15) is 23.0 Å². The second-order valence-electron chi connectivity index (χ2n) is 4.90. The van der Waals surface area contributed by atoms with Gasteiger partial charge in [-0.15, -0.1) is 6.58 Å². The van der Waals surface area contributed by atoms with Crippen LogP contribution in [0.3, 0.4) is 0 Å². The van der Waals surface area contributed by atoms with Gasteiger partial charge in [-0.1, -0.05) is 18.2 Å². The average molecular weight is 312 g/mol. The second kappa shape index (κ2) is 5.92. The smallest absolute Gasteiger partial charge is 0.329 e. The van der Waals surface area contributed by atoms with E-state index in [4.69, 9.17) is 4.42 Å². The van der Waals surface area contributed by atoms with Crippen LogP contribution >= 0.6 is 0 Å². The molecule has 0 atom stereocenters. The summed E-state index contributed by atoms with van der Waals surface area (Å²) < 4.78 is 18.8. The van der Waals surface area contributed by atoms with Gasteiger partial charge in [0.25, 0.3) is 5.91 Å². The fraction of sp³-hybridized carbons (Fsp3) is 0.0588. The lowest BCUT2D eigenvalue weighted by Gasteiger charge is -2.06. The van der Waals surface area contributed by atoms with Crippen molar-refractivity contribution in [2.24, 2.45) is 0 Å². The number of rotatable bonds is 4. The van der Waals surface area contributed by atoms with Crippen LogP contribution in [0.15, 0.2) is 59.2 Å². The molecule has 1 fully saturated rings. The largest absolute Gasteiger partial charge is 0.457 e. The van der Waals surface area contributed by atoms with Crippen LogP contribution in [0.2, 0.25) is 0 Å². The predicted octanol–water partition coefficient (Wildman–Crippen LogP) is 3.16. The van der Waals surface area contributed by atoms with Crippen molar-refractivity contribution in [3.05, 3.63) is 66.3 Å². The molecule has 116 valence electrons. The molecule has 3 rings (SSSR count). The van der Waals surface area contributed by atoms with E-state index >= 15 is 0 Å². The van der Waals surface area contributed by atoms with Gasteiger partial charge in [-0.3, -0.25) is 9.69 Å². The second-order valence-corrected chi connectivity index (χ2v) is 4.90. The minimum Gasteiger partial charge on any atom is -0.457 e. The summed E-state index contributed by atoms with van der Waals surface area (Å²) in [7, 11) is 0. The van der Waals surface area contributed by atoms with Gasteiger partial charge in [-0.25, -0.2) is 9.18 Å². The van der Waals surface area contributed by atoms with E-state index in [1.165, 1.54) is 24.3 Å². The highest BCUT2D eigenvalue weighted by atomic mass is 19.1. The van der Waals surface area contributed by atoms with E-state index in [2.05, 4.69) is 11.9 Å². The number of carbonyl (C=O) groups excluding carboxylic acids is 2. The predicted molar refractivity (Wildman–Crippen MR) is 82.5 cm³/mol. The molecule has 1 aromatic heterocycles. The van der Waals surface area contributed by atoms with Crippen molar-refractivity contribution in [2.75, 3.05) is 6.54 Å². The molecule has 0 saturated carbocycles. The fourth-order valence-electron chi connectivity index (χ4n) is 2.24. The van der Waals surface area contributed by atoms with Crippen LogP contribution in [-0.4, -0.2) is 23.4 Å². The van der Waals surface area contributed by atoms with Gasteiger partial charge in [-0.05, 0) is 24.3 Å². The maximum absolute atomic E-state index is 13.2. The molecule has 1 aromatic carbocycles. The van der Waals surface area contributed by atoms with E-state index in [1.54, 1.807) is 24.3 Å². The van der Waals surface area contributed by atoms with Crippen LogP contribution in [0.25, 0.3) is 17.4 Å². The Labute approximate surface area is 131 Å². The number of nitrogens with zero attached hydrogens (tertiary/aromatic N) is 1. The molecule has 1 aliphatic heterocycles. The molecule has 0 bridgehead atoms. The van der Waals surface area contributed by atoms with Gasteiger partial charge in [0.05, 0.1) is 0 Å². The number of furan rings is 1. The quantitative estimate of drug-likeness (QED) is 0.536. The van der Waals surface area contributed by atoms with E-state index in [9.17, 15) is 14.0 Å². The van der Waals surface area contributed by atoms with Crippen molar-refractivity contribution in [3.8, 4) is 11.3 Å². The average Bonchev–Trinajstić information content (AvgIpc) is 3.09. The highest BCUT2D eigenvalue weighted by Crippen LogP contribution is 2.24. The number of nitrogens with one attached hydrogen (secondary N) is 1. The van der Waals surface area contributed by atoms with Crippen molar-refractivity contribution in [3.63, 3.8) is 0 Å². The molecule has 23 heavy (non-hydrogen) atoms. The third kappa shape index (κ3) is 2.91. The van der Waals surface area contributed by atoms with E-state index in [-0.39, 0.29) is 18.1 Å². The lowest BCUT2D eigenvalue weighted by molar-refractivity contribution is -0.122. The summed E-state index contributed by atoms with van der Waals surface area (Å²) in [6, 6.07) is 8.80. The number of hydrogen-bond donors (Lipinski definition) is 1. The standard InChI is InChI=1S/C17H13FN2O3/c1-2-8-20-16(21)14(19-17(20)22)10-13-6-7-15(23-13)11-4-3-5-12(18)9-11/h2-7,9-10H,1,8H2,(H,19,22)/b14-10+. The molecular formula is C17H13FN2O3. The molecule has 1 N–H and O–H groups in total. The van der Waals surface area contributed by atoms with Gasteiger partial charge in [0.15, 0.2) is 0 Å². The molecule has 0 aliphatic carbocycles. The fourth-order valence-corrected chi connectivity index (χ4v) is 2.24. The van der Waals surface area contributed by atoms with Gasteiger partial charge >= 0.3 is 6.03 Å². The van der Waals surface area contributed by atoms with Crippen molar-refractivity contribution >= 4 is 18.0 Å². The molecule has 1 aliphatic rings. The number of amides is 3. The summed E-state index contributed by atoms with van der Waals surface area (Å²) >= 11 is 0. The van der Waals surface area contributed by atoms with Gasteiger partial charge in [0, 0.05) is 18.2 Å². The Morgan fingerprint density at radius 1 is 1.26 bits per heavy atom. The highest BCUT2D eigenvalue weighted by molar-refractivity contribution is 6.13. The topological polar surface area (TPSA) is 62.6 Å². The number of carbonyl (C=O) groups is 2. The number of hydrogen-bond acceptors (Lipinski definition) is 3. The molecule has 2 aromatic rings. The van der Waals surface area contributed by atoms with Crippen molar-refractivity contribution in [2.45, 2.75) is 0 Å². The first-order valence-corrected chi connectivity index (χ1v) is 6.89. The molecule has 0 spiro atoms. The van der Waals surface area contributed by atoms with Crippen LogP contribution < -0.4 is 5.32 Å². The van der Waals surface area contributed by atoms with Gasteiger partial charge < -0.3 is 9.73 Å². The van der Waals surface area contributed by atoms with Crippen LogP contribution in [0.4, 0.5) is 9.18 Å². The minimum atomic E-state index is -0.502. The Balaban J connectivity index is 1.85. The monoisotopic (exact) mass is 312 g/mol. The third-order valence-electron chi connectivity index (χ3n) is 3.30. The zero-order valence-electron chi connectivity index (χ0n) is 12.1. The summed E-state index contributed by atoms with van der Waals surface area (Å²) in [6.45, 7) is 3.64. The summed E-state index contributed by atoms with van der Waals surface area (Å²) in [6.07, 6.45) is 2.90. The summed E-state index contributed by atoms with van der Waals surface area (Å²) in [4.78, 5) is 24.8. The summed E-state index contributed by atoms with van der Waals surface area (Å²) in [5.74, 6) is 0.0418. The maximum Gasteiger partial charge on any atom is 0.329 e. The summed E-state index contributed by atoms with van der Waals surface area (Å²) in [5.41, 5.74) is 0.710. The van der Waals surface area contributed by atoms with Gasteiger partial charge in [-0.2, -0.15) is 0 Å². The Hall–Kier alpha value is -3.15. The summed E-state index contributed by atoms with van der Waals surface area (Å²) in [5, 5.41) is 2.48. The van der Waals surface area contributed by atoms with E-state index in [0.29, 0.717) is 17.1 Å². The number of imide groups is 1. The lowest BCUT2D eigenvalue weighted by atomic mass is 10.2. The van der Waals surface area contributed by atoms with Crippen LogP contribution in [0.5, 0.6) is 0 Å². The van der Waals surface area contributed by atoms with E-state index < -0.39 is 11.9 Å². The third-order valence-corrected chi connectivity index (χ3v) is 3.30. The van der Waals surface area contributed by atoms with Gasteiger partial charge in [0.2, 0.25) is 0 Å². The Kier molecular flexibility index (Phi) is 3.80. The Morgan fingerprint density at radius 3 is 2.83 bits per heavy atom. The SMILES string of the molecule is C=CCN1C(=O)N/C(=C/c2ccc(-c3cccc(F)c3)o2)C1=O. The number of benzene rings is 1. The van der Waals surface area contributed by atoms with Crippen LogP contribution in [0.1, 0.15) is 5.76 Å². The Bertz CT molecular complexity index is 823. The highest BCUT2D eigenvalue weighted by Gasteiger charge is 2.32. The Morgan fingerprint density at radius 2 is 2.09 bits per heavy atom.